The second-order valence-electron chi connectivity index (χ2n) is 8.66. The summed E-state index contributed by atoms with van der Waals surface area (Å²) in [6.07, 6.45) is 4.64. The molecular formula is C22H32N2O. The first-order chi connectivity index (χ1) is 12.0. The van der Waals surface area contributed by atoms with Crippen LogP contribution in [-0.2, 0) is 23.3 Å². The standard InChI is InChI=1S/C22H32N2O/c1-16(2)9-12-22-17(15-23(3)4)10-13-24-20-8-6-5-7-18(20)19(21(22)24)11-14-25-22/h5-8,16-17H,9-15H2,1-4H3. The van der Waals surface area contributed by atoms with Gasteiger partial charge in [0.1, 0.15) is 5.60 Å². The highest BCUT2D eigenvalue weighted by atomic mass is 16.5. The Kier molecular flexibility index (Phi) is 4.41. The average molecular weight is 341 g/mol. The predicted molar refractivity (Wildman–Crippen MR) is 104 cm³/mol. The largest absolute Gasteiger partial charge is 0.368 e. The van der Waals surface area contributed by atoms with E-state index in [9.17, 15) is 0 Å². The number of ether oxygens (including phenoxy) is 1. The molecule has 3 nitrogen and oxygen atoms in total. The number of hydrogen-bond acceptors (Lipinski definition) is 2. The van der Waals surface area contributed by atoms with Crippen LogP contribution < -0.4 is 0 Å². The van der Waals surface area contributed by atoms with E-state index in [1.54, 1.807) is 5.56 Å². The SMILES string of the molecule is CC(C)CCC12OCCc3c1n(c1ccccc31)CCC2CN(C)C. The normalized spacial score (nSPS) is 25.8. The average Bonchev–Trinajstić information content (AvgIpc) is 2.92. The van der Waals surface area contributed by atoms with Gasteiger partial charge in [-0.2, -0.15) is 0 Å². The highest BCUT2D eigenvalue weighted by Gasteiger charge is 2.49. The van der Waals surface area contributed by atoms with Crippen LogP contribution in [0, 0.1) is 11.8 Å². The molecule has 0 amide bonds. The number of benzene rings is 1. The molecule has 2 unspecified atom stereocenters. The Bertz CT molecular complexity index is 728. The first-order valence-corrected chi connectivity index (χ1v) is 9.92. The van der Waals surface area contributed by atoms with Gasteiger partial charge in [-0.15, -0.1) is 0 Å². The number of nitrogens with zero attached hydrogens (tertiary/aromatic N) is 2. The summed E-state index contributed by atoms with van der Waals surface area (Å²) in [7, 11) is 4.40. The second-order valence-corrected chi connectivity index (χ2v) is 8.66. The molecule has 1 aromatic heterocycles. The van der Waals surface area contributed by atoms with Gasteiger partial charge in [0, 0.05) is 29.9 Å². The molecule has 0 aliphatic carbocycles. The molecule has 4 rings (SSSR count). The minimum absolute atomic E-state index is 0.0978. The summed E-state index contributed by atoms with van der Waals surface area (Å²) in [4.78, 5) is 2.34. The summed E-state index contributed by atoms with van der Waals surface area (Å²) in [6.45, 7) is 7.77. The van der Waals surface area contributed by atoms with Crippen molar-refractivity contribution in [3.8, 4) is 0 Å². The Labute approximate surface area is 152 Å². The zero-order chi connectivity index (χ0) is 17.6. The molecule has 0 saturated heterocycles. The number of aryl methyl sites for hydroxylation is 1. The quantitative estimate of drug-likeness (QED) is 0.801. The van der Waals surface area contributed by atoms with Crippen molar-refractivity contribution >= 4 is 10.9 Å². The summed E-state index contributed by atoms with van der Waals surface area (Å²) in [5, 5.41) is 1.46. The number of aromatic nitrogens is 1. The molecule has 2 aromatic rings. The van der Waals surface area contributed by atoms with E-state index in [-0.39, 0.29) is 5.60 Å². The van der Waals surface area contributed by atoms with Gasteiger partial charge in [-0.05, 0) is 57.3 Å². The van der Waals surface area contributed by atoms with Crippen molar-refractivity contribution < 1.29 is 4.74 Å². The highest BCUT2D eigenvalue weighted by molar-refractivity contribution is 5.86. The minimum atomic E-state index is -0.0978. The van der Waals surface area contributed by atoms with Crippen molar-refractivity contribution in [3.63, 3.8) is 0 Å². The van der Waals surface area contributed by atoms with E-state index in [4.69, 9.17) is 4.74 Å². The van der Waals surface area contributed by atoms with E-state index in [1.807, 2.05) is 0 Å². The van der Waals surface area contributed by atoms with Crippen LogP contribution in [0.3, 0.4) is 0 Å². The lowest BCUT2D eigenvalue weighted by Crippen LogP contribution is -2.50. The predicted octanol–water partition coefficient (Wildman–Crippen LogP) is 4.43. The summed E-state index contributed by atoms with van der Waals surface area (Å²) in [5.74, 6) is 1.29. The van der Waals surface area contributed by atoms with Crippen molar-refractivity contribution in [3.05, 3.63) is 35.5 Å². The van der Waals surface area contributed by atoms with Crippen LogP contribution in [-0.4, -0.2) is 36.7 Å². The maximum absolute atomic E-state index is 6.72. The van der Waals surface area contributed by atoms with Crippen LogP contribution >= 0.6 is 0 Å². The highest BCUT2D eigenvalue weighted by Crippen LogP contribution is 2.50. The minimum Gasteiger partial charge on any atom is -0.368 e. The molecule has 1 aromatic carbocycles. The molecule has 0 saturated carbocycles. The molecule has 2 atom stereocenters. The summed E-state index contributed by atoms with van der Waals surface area (Å²) in [5.41, 5.74) is 4.39. The molecule has 0 fully saturated rings. The van der Waals surface area contributed by atoms with E-state index in [2.05, 4.69) is 61.7 Å². The van der Waals surface area contributed by atoms with Gasteiger partial charge >= 0.3 is 0 Å². The van der Waals surface area contributed by atoms with E-state index in [0.717, 1.165) is 32.5 Å². The summed E-state index contributed by atoms with van der Waals surface area (Å²) in [6, 6.07) is 8.98. The van der Waals surface area contributed by atoms with Gasteiger partial charge in [0.05, 0.1) is 12.3 Å². The third kappa shape index (κ3) is 2.72. The van der Waals surface area contributed by atoms with Gasteiger partial charge in [0.15, 0.2) is 0 Å². The maximum Gasteiger partial charge on any atom is 0.112 e. The van der Waals surface area contributed by atoms with Gasteiger partial charge in [-0.25, -0.2) is 0 Å². The Hall–Kier alpha value is -1.32. The molecule has 25 heavy (non-hydrogen) atoms. The second kappa shape index (κ2) is 6.44. The fraction of sp³-hybridized carbons (Fsp3) is 0.636. The lowest BCUT2D eigenvalue weighted by molar-refractivity contribution is -0.131. The monoisotopic (exact) mass is 340 g/mol. The van der Waals surface area contributed by atoms with E-state index >= 15 is 0 Å². The van der Waals surface area contributed by atoms with Crippen molar-refractivity contribution in [2.75, 3.05) is 27.2 Å². The summed E-state index contributed by atoms with van der Waals surface area (Å²) >= 11 is 0. The third-order valence-electron chi connectivity index (χ3n) is 6.23. The fourth-order valence-corrected chi connectivity index (χ4v) is 5.15. The van der Waals surface area contributed by atoms with E-state index in [1.165, 1.54) is 29.4 Å². The number of fused-ring (bicyclic) bond motifs is 3. The van der Waals surface area contributed by atoms with Gasteiger partial charge in [0.25, 0.3) is 0 Å². The lowest BCUT2D eigenvalue weighted by Gasteiger charge is -2.48. The number of para-hydroxylation sites is 1. The Morgan fingerprint density at radius 1 is 1.28 bits per heavy atom. The zero-order valence-electron chi connectivity index (χ0n) is 16.2. The van der Waals surface area contributed by atoms with Gasteiger partial charge < -0.3 is 14.2 Å². The Morgan fingerprint density at radius 2 is 2.08 bits per heavy atom. The van der Waals surface area contributed by atoms with Crippen LogP contribution in [0.15, 0.2) is 24.3 Å². The Balaban J connectivity index is 1.89. The maximum atomic E-state index is 6.72. The molecule has 2 aliphatic rings. The molecule has 2 aliphatic heterocycles. The molecule has 0 N–H and O–H groups in total. The molecule has 0 bridgehead atoms. The van der Waals surface area contributed by atoms with Gasteiger partial charge in [0.2, 0.25) is 0 Å². The third-order valence-corrected chi connectivity index (χ3v) is 6.23. The van der Waals surface area contributed by atoms with Crippen LogP contribution in [0.1, 0.15) is 44.4 Å². The van der Waals surface area contributed by atoms with E-state index in [0.29, 0.717) is 11.8 Å². The smallest absolute Gasteiger partial charge is 0.112 e. The van der Waals surface area contributed by atoms with Crippen molar-refractivity contribution in [2.24, 2.45) is 11.8 Å². The topological polar surface area (TPSA) is 17.4 Å². The number of rotatable bonds is 5. The van der Waals surface area contributed by atoms with Crippen LogP contribution in [0.4, 0.5) is 0 Å². The van der Waals surface area contributed by atoms with Gasteiger partial charge in [-0.3, -0.25) is 0 Å². The molecule has 3 heterocycles. The molecule has 136 valence electrons. The lowest BCUT2D eigenvalue weighted by atomic mass is 9.72. The van der Waals surface area contributed by atoms with E-state index < -0.39 is 0 Å². The molecule has 0 radical (unpaired) electrons. The van der Waals surface area contributed by atoms with Gasteiger partial charge in [-0.1, -0.05) is 32.0 Å². The van der Waals surface area contributed by atoms with Crippen molar-refractivity contribution in [1.82, 2.24) is 9.47 Å². The van der Waals surface area contributed by atoms with Crippen LogP contribution in [0.25, 0.3) is 10.9 Å². The molecular weight excluding hydrogens is 308 g/mol. The Morgan fingerprint density at radius 3 is 2.84 bits per heavy atom. The molecule has 3 heteroatoms. The fourth-order valence-electron chi connectivity index (χ4n) is 5.15. The van der Waals surface area contributed by atoms with Crippen LogP contribution in [0.2, 0.25) is 0 Å². The summed E-state index contributed by atoms with van der Waals surface area (Å²) < 4.78 is 9.31. The molecule has 0 spiro atoms. The van der Waals surface area contributed by atoms with Crippen LogP contribution in [0.5, 0.6) is 0 Å². The first kappa shape index (κ1) is 17.1. The first-order valence-electron chi connectivity index (χ1n) is 9.92. The van der Waals surface area contributed by atoms with Crippen molar-refractivity contribution in [1.29, 1.82) is 0 Å². The van der Waals surface area contributed by atoms with Crippen molar-refractivity contribution in [2.45, 2.75) is 51.7 Å². The zero-order valence-corrected chi connectivity index (χ0v) is 16.2. The number of hydrogen-bond donors (Lipinski definition) is 0.